The maximum absolute atomic E-state index is 12.2. The number of carbonyl (C=O) groups excluding carboxylic acids is 2. The Balaban J connectivity index is 1.97. The predicted molar refractivity (Wildman–Crippen MR) is 102 cm³/mol. The molecule has 0 aliphatic heterocycles. The molecule has 0 aliphatic carbocycles. The SMILES string of the molecule is Cc1ccc(NC(=O)COC(=O)c2cc([C@H](O)[C@@H](O)[C@@H](O)CO)oc2C)cc1C. The fraction of sp³-hybridized carbons (Fsp3) is 0.400. The number of amides is 1. The van der Waals surface area contributed by atoms with Crippen molar-refractivity contribution >= 4 is 17.6 Å². The van der Waals surface area contributed by atoms with Crippen molar-refractivity contribution in [3.8, 4) is 0 Å². The quantitative estimate of drug-likeness (QED) is 0.402. The summed E-state index contributed by atoms with van der Waals surface area (Å²) in [6.45, 7) is 4.01. The Bertz CT molecular complexity index is 875. The maximum atomic E-state index is 12.2. The number of esters is 1. The smallest absolute Gasteiger partial charge is 0.342 e. The number of hydrogen-bond acceptors (Lipinski definition) is 8. The van der Waals surface area contributed by atoms with Crippen molar-refractivity contribution in [1.29, 1.82) is 0 Å². The Morgan fingerprint density at radius 3 is 2.41 bits per heavy atom. The third-order valence-electron chi connectivity index (χ3n) is 4.48. The van der Waals surface area contributed by atoms with Crippen molar-refractivity contribution in [2.45, 2.75) is 39.1 Å². The second-order valence-electron chi connectivity index (χ2n) is 6.73. The van der Waals surface area contributed by atoms with Crippen LogP contribution in [0.3, 0.4) is 0 Å². The van der Waals surface area contributed by atoms with Gasteiger partial charge in [0, 0.05) is 5.69 Å². The normalized spacial score (nSPS) is 14.2. The number of aryl methyl sites for hydroxylation is 3. The highest BCUT2D eigenvalue weighted by atomic mass is 16.5. The molecular weight excluding hydrogens is 382 g/mol. The van der Waals surface area contributed by atoms with E-state index >= 15 is 0 Å². The van der Waals surface area contributed by atoms with Gasteiger partial charge in [-0.25, -0.2) is 4.79 Å². The molecule has 1 aromatic heterocycles. The Hall–Kier alpha value is -2.72. The highest BCUT2D eigenvalue weighted by molar-refractivity contribution is 5.96. The van der Waals surface area contributed by atoms with Crippen molar-refractivity contribution in [3.63, 3.8) is 0 Å². The minimum absolute atomic E-state index is 0.0382. The van der Waals surface area contributed by atoms with Gasteiger partial charge >= 0.3 is 5.97 Å². The first-order chi connectivity index (χ1) is 13.6. The summed E-state index contributed by atoms with van der Waals surface area (Å²) in [5.41, 5.74) is 2.63. The Labute approximate surface area is 167 Å². The third kappa shape index (κ3) is 5.64. The van der Waals surface area contributed by atoms with Crippen molar-refractivity contribution < 1.29 is 39.2 Å². The highest BCUT2D eigenvalue weighted by Gasteiger charge is 2.30. The molecule has 1 amide bonds. The monoisotopic (exact) mass is 407 g/mol. The number of carbonyl (C=O) groups is 2. The number of aliphatic hydroxyl groups is 4. The zero-order valence-electron chi connectivity index (χ0n) is 16.4. The van der Waals surface area contributed by atoms with Crippen LogP contribution in [0.2, 0.25) is 0 Å². The average Bonchev–Trinajstić information content (AvgIpc) is 3.08. The minimum atomic E-state index is -1.71. The molecule has 0 spiro atoms. The number of rotatable bonds is 8. The van der Waals surface area contributed by atoms with Gasteiger partial charge in [0.05, 0.1) is 6.61 Å². The van der Waals surface area contributed by atoms with E-state index in [0.29, 0.717) is 5.69 Å². The van der Waals surface area contributed by atoms with Gasteiger partial charge in [-0.05, 0) is 50.1 Å². The van der Waals surface area contributed by atoms with Crippen molar-refractivity contribution in [2.75, 3.05) is 18.5 Å². The highest BCUT2D eigenvalue weighted by Crippen LogP contribution is 2.25. The lowest BCUT2D eigenvalue weighted by Crippen LogP contribution is -2.34. The molecule has 3 atom stereocenters. The molecule has 0 radical (unpaired) electrons. The number of aliphatic hydroxyl groups excluding tert-OH is 4. The summed E-state index contributed by atoms with van der Waals surface area (Å²) in [5, 5.41) is 40.6. The molecular formula is C20H25NO8. The topological polar surface area (TPSA) is 149 Å². The van der Waals surface area contributed by atoms with Gasteiger partial charge in [-0.2, -0.15) is 0 Å². The van der Waals surface area contributed by atoms with Gasteiger partial charge in [0.2, 0.25) is 0 Å². The van der Waals surface area contributed by atoms with Crippen molar-refractivity contribution in [1.82, 2.24) is 0 Å². The zero-order chi connectivity index (χ0) is 21.7. The van der Waals surface area contributed by atoms with Crippen LogP contribution < -0.4 is 5.32 Å². The fourth-order valence-corrected chi connectivity index (χ4v) is 2.57. The van der Waals surface area contributed by atoms with E-state index in [1.807, 2.05) is 19.9 Å². The molecule has 2 aromatic rings. The van der Waals surface area contributed by atoms with Crippen LogP contribution in [0.15, 0.2) is 28.7 Å². The fourth-order valence-electron chi connectivity index (χ4n) is 2.57. The standard InChI is InChI=1S/C20H25NO8/c1-10-4-5-13(6-11(10)2)21-17(24)9-28-20(27)14-7-16(29-12(14)3)19(26)18(25)15(23)8-22/h4-7,15,18-19,22-23,25-26H,8-9H2,1-3H3,(H,21,24)/t15-,18-,19-/m0/s1. The zero-order valence-corrected chi connectivity index (χ0v) is 16.4. The summed E-state index contributed by atoms with van der Waals surface area (Å²) in [6, 6.07) is 6.55. The van der Waals surface area contributed by atoms with Gasteiger partial charge in [0.15, 0.2) is 6.61 Å². The van der Waals surface area contributed by atoms with Gasteiger partial charge in [-0.15, -0.1) is 0 Å². The molecule has 0 saturated heterocycles. The first-order valence-corrected chi connectivity index (χ1v) is 8.93. The van der Waals surface area contributed by atoms with Crippen LogP contribution in [0.1, 0.15) is 39.1 Å². The lowest BCUT2D eigenvalue weighted by Gasteiger charge is -2.19. The summed E-state index contributed by atoms with van der Waals surface area (Å²) in [4.78, 5) is 24.2. The Kier molecular flexibility index (Phi) is 7.52. The molecule has 0 fully saturated rings. The van der Waals surface area contributed by atoms with Crippen LogP contribution in [0.5, 0.6) is 0 Å². The molecule has 1 heterocycles. The summed E-state index contributed by atoms with van der Waals surface area (Å²) < 4.78 is 10.2. The first-order valence-electron chi connectivity index (χ1n) is 8.93. The number of anilines is 1. The van der Waals surface area contributed by atoms with Crippen molar-refractivity contribution in [2.24, 2.45) is 0 Å². The Morgan fingerprint density at radius 1 is 1.10 bits per heavy atom. The van der Waals surface area contributed by atoms with E-state index < -0.39 is 43.4 Å². The molecule has 1 aromatic carbocycles. The number of furan rings is 1. The van der Waals surface area contributed by atoms with Crippen LogP contribution in [0, 0.1) is 20.8 Å². The molecule has 29 heavy (non-hydrogen) atoms. The van der Waals surface area contributed by atoms with Gasteiger partial charge in [0.25, 0.3) is 5.91 Å². The molecule has 9 heteroatoms. The van der Waals surface area contributed by atoms with Gasteiger partial charge in [-0.1, -0.05) is 6.07 Å². The largest absolute Gasteiger partial charge is 0.463 e. The molecule has 158 valence electrons. The molecule has 0 aliphatic rings. The molecule has 0 bridgehead atoms. The molecule has 2 rings (SSSR count). The number of hydrogen-bond donors (Lipinski definition) is 5. The van der Waals surface area contributed by atoms with Crippen molar-refractivity contribution in [3.05, 3.63) is 52.5 Å². The lowest BCUT2D eigenvalue weighted by atomic mass is 10.1. The summed E-state index contributed by atoms with van der Waals surface area (Å²) in [6.07, 6.45) is -4.96. The molecule has 9 nitrogen and oxygen atoms in total. The Morgan fingerprint density at radius 2 is 1.79 bits per heavy atom. The van der Waals surface area contributed by atoms with Crippen LogP contribution in [0.4, 0.5) is 5.69 Å². The second kappa shape index (κ2) is 9.66. The molecule has 0 saturated carbocycles. The minimum Gasteiger partial charge on any atom is -0.463 e. The van der Waals surface area contributed by atoms with Crippen LogP contribution in [-0.2, 0) is 9.53 Å². The number of ether oxygens (including phenoxy) is 1. The van der Waals surface area contributed by atoms with E-state index in [1.165, 1.54) is 6.92 Å². The van der Waals surface area contributed by atoms with E-state index in [2.05, 4.69) is 5.32 Å². The van der Waals surface area contributed by atoms with Crippen LogP contribution in [0.25, 0.3) is 0 Å². The number of nitrogens with one attached hydrogen (secondary N) is 1. The predicted octanol–water partition coefficient (Wildman–Crippen LogP) is 0.748. The third-order valence-corrected chi connectivity index (χ3v) is 4.48. The second-order valence-corrected chi connectivity index (χ2v) is 6.73. The van der Waals surface area contributed by atoms with E-state index in [1.54, 1.807) is 12.1 Å². The molecule has 5 N–H and O–H groups in total. The van der Waals surface area contributed by atoms with Gasteiger partial charge in [0.1, 0.15) is 35.4 Å². The van der Waals surface area contributed by atoms with Crippen LogP contribution >= 0.6 is 0 Å². The summed E-state index contributed by atoms with van der Waals surface area (Å²) in [5.74, 6) is -1.46. The summed E-state index contributed by atoms with van der Waals surface area (Å²) >= 11 is 0. The average molecular weight is 407 g/mol. The van der Waals surface area contributed by atoms with E-state index in [4.69, 9.17) is 14.3 Å². The van der Waals surface area contributed by atoms with E-state index in [-0.39, 0.29) is 17.1 Å². The maximum Gasteiger partial charge on any atom is 0.342 e. The summed E-state index contributed by atoms with van der Waals surface area (Å²) in [7, 11) is 0. The van der Waals surface area contributed by atoms with Crippen LogP contribution in [-0.4, -0.2) is 57.7 Å². The van der Waals surface area contributed by atoms with E-state index in [9.17, 15) is 24.9 Å². The lowest BCUT2D eigenvalue weighted by molar-refractivity contribution is -0.119. The first kappa shape index (κ1) is 22.6. The number of benzene rings is 1. The van der Waals surface area contributed by atoms with E-state index in [0.717, 1.165) is 17.2 Å². The van der Waals surface area contributed by atoms with Gasteiger partial charge in [-0.3, -0.25) is 4.79 Å². The molecule has 0 unspecified atom stereocenters. The van der Waals surface area contributed by atoms with Gasteiger partial charge < -0.3 is 34.9 Å².